The van der Waals surface area contributed by atoms with Gasteiger partial charge in [-0.15, -0.1) is 12.4 Å². The Balaban J connectivity index is 0.00000200. The Morgan fingerprint density at radius 3 is 2.35 bits per heavy atom. The molecule has 1 aliphatic rings. The van der Waals surface area contributed by atoms with Crippen LogP contribution < -0.4 is 10.6 Å². The van der Waals surface area contributed by atoms with Gasteiger partial charge in [0.25, 0.3) is 0 Å². The third-order valence-corrected chi connectivity index (χ3v) is 4.13. The normalized spacial score (nSPS) is 15.2. The van der Waals surface area contributed by atoms with Gasteiger partial charge in [-0.25, -0.2) is 0 Å². The van der Waals surface area contributed by atoms with E-state index in [1.54, 1.807) is 0 Å². The second kappa shape index (κ2) is 6.99. The smallest absolute Gasteiger partial charge is 0.225 e. The van der Waals surface area contributed by atoms with Crippen LogP contribution in [0.2, 0.25) is 10.0 Å². The first-order valence-electron chi connectivity index (χ1n) is 6.35. The van der Waals surface area contributed by atoms with E-state index in [-0.39, 0.29) is 29.6 Å². The molecule has 0 aromatic heterocycles. The van der Waals surface area contributed by atoms with E-state index in [0.717, 1.165) is 18.7 Å². The minimum atomic E-state index is -0.303. The maximum Gasteiger partial charge on any atom is 0.225 e. The number of carbonyl (C=O) groups excluding carboxylic acids is 1. The van der Waals surface area contributed by atoms with Crippen molar-refractivity contribution >= 4 is 41.5 Å². The van der Waals surface area contributed by atoms with Crippen LogP contribution in [0.25, 0.3) is 0 Å². The molecule has 1 aliphatic heterocycles. The molecule has 1 aromatic carbocycles. The lowest BCUT2D eigenvalue weighted by atomic mass is 9.84. The van der Waals surface area contributed by atoms with Crippen molar-refractivity contribution in [1.29, 1.82) is 0 Å². The third kappa shape index (κ3) is 3.79. The highest BCUT2D eigenvalue weighted by Crippen LogP contribution is 2.35. The lowest BCUT2D eigenvalue weighted by Crippen LogP contribution is -2.52. The lowest BCUT2D eigenvalue weighted by Gasteiger charge is -2.31. The van der Waals surface area contributed by atoms with Crippen LogP contribution in [0.5, 0.6) is 0 Å². The van der Waals surface area contributed by atoms with Crippen molar-refractivity contribution in [2.75, 3.05) is 19.6 Å². The van der Waals surface area contributed by atoms with Crippen molar-refractivity contribution in [3.8, 4) is 0 Å². The number of benzene rings is 1. The molecular formula is C14H19Cl3N2O. The maximum atomic E-state index is 11.9. The van der Waals surface area contributed by atoms with E-state index in [4.69, 9.17) is 23.2 Å². The fourth-order valence-corrected chi connectivity index (χ4v) is 3.07. The van der Waals surface area contributed by atoms with Gasteiger partial charge in [0.15, 0.2) is 0 Å². The molecule has 2 N–H and O–H groups in total. The number of amides is 1. The van der Waals surface area contributed by atoms with E-state index in [2.05, 4.69) is 10.6 Å². The summed E-state index contributed by atoms with van der Waals surface area (Å²) in [7, 11) is 0. The molecule has 1 fully saturated rings. The van der Waals surface area contributed by atoms with Crippen molar-refractivity contribution < 1.29 is 4.79 Å². The van der Waals surface area contributed by atoms with Gasteiger partial charge >= 0.3 is 0 Å². The molecule has 3 nitrogen and oxygen atoms in total. The van der Waals surface area contributed by atoms with E-state index in [0.29, 0.717) is 16.6 Å². The van der Waals surface area contributed by atoms with Crippen molar-refractivity contribution in [3.63, 3.8) is 0 Å². The fraction of sp³-hybridized carbons (Fsp3) is 0.500. The first-order valence-corrected chi connectivity index (χ1v) is 7.10. The first kappa shape index (κ1) is 17.6. The number of hydrogen-bond donors (Lipinski definition) is 2. The van der Waals surface area contributed by atoms with Crippen LogP contribution in [0.1, 0.15) is 19.4 Å². The summed E-state index contributed by atoms with van der Waals surface area (Å²) in [5, 5.41) is 7.34. The number of carbonyl (C=O) groups is 1. The number of halogens is 3. The van der Waals surface area contributed by atoms with Crippen LogP contribution in [0.4, 0.5) is 0 Å². The SMILES string of the molecule is CC(C)(CNC(=O)C1CNC1)c1c(Cl)cccc1Cl.Cl. The standard InChI is InChI=1S/C14H18Cl2N2O.ClH/c1-14(2,8-18-13(19)9-6-17-7-9)12-10(15)4-3-5-11(12)16;/h3-5,9,17H,6-8H2,1-2H3,(H,18,19);1H. The Labute approximate surface area is 135 Å². The molecular weight excluding hydrogens is 319 g/mol. The van der Waals surface area contributed by atoms with Gasteiger partial charge in [-0.05, 0) is 17.7 Å². The molecule has 2 rings (SSSR count). The summed E-state index contributed by atoms with van der Waals surface area (Å²) in [5.41, 5.74) is 0.577. The van der Waals surface area contributed by atoms with Gasteiger partial charge < -0.3 is 10.6 Å². The number of rotatable bonds is 4. The predicted molar refractivity (Wildman–Crippen MR) is 86.1 cm³/mol. The van der Waals surface area contributed by atoms with Crippen molar-refractivity contribution in [2.45, 2.75) is 19.3 Å². The van der Waals surface area contributed by atoms with Gasteiger partial charge in [-0.1, -0.05) is 43.1 Å². The highest BCUT2D eigenvalue weighted by molar-refractivity contribution is 6.36. The van der Waals surface area contributed by atoms with Crippen LogP contribution in [-0.4, -0.2) is 25.5 Å². The quantitative estimate of drug-likeness (QED) is 0.886. The summed E-state index contributed by atoms with van der Waals surface area (Å²) in [5.74, 6) is 0.188. The van der Waals surface area contributed by atoms with Gasteiger partial charge in [0, 0.05) is 35.1 Å². The summed E-state index contributed by atoms with van der Waals surface area (Å²) < 4.78 is 0. The lowest BCUT2D eigenvalue weighted by molar-refractivity contribution is -0.126. The van der Waals surface area contributed by atoms with Gasteiger partial charge in [0.1, 0.15) is 0 Å². The predicted octanol–water partition coefficient (Wildman–Crippen LogP) is 3.03. The molecule has 112 valence electrons. The van der Waals surface area contributed by atoms with Crippen molar-refractivity contribution in [3.05, 3.63) is 33.8 Å². The second-order valence-corrected chi connectivity index (χ2v) is 6.37. The average Bonchev–Trinajstić information content (AvgIpc) is 2.23. The van der Waals surface area contributed by atoms with Crippen LogP contribution in [0.15, 0.2) is 18.2 Å². The molecule has 0 radical (unpaired) electrons. The second-order valence-electron chi connectivity index (χ2n) is 5.55. The molecule has 0 spiro atoms. The third-order valence-electron chi connectivity index (χ3n) is 3.50. The van der Waals surface area contributed by atoms with Crippen LogP contribution in [-0.2, 0) is 10.2 Å². The van der Waals surface area contributed by atoms with Crippen molar-refractivity contribution in [1.82, 2.24) is 10.6 Å². The highest BCUT2D eigenvalue weighted by Gasteiger charge is 2.29. The van der Waals surface area contributed by atoms with E-state index in [1.807, 2.05) is 32.0 Å². The zero-order valence-corrected chi connectivity index (χ0v) is 13.8. The molecule has 1 saturated heterocycles. The van der Waals surface area contributed by atoms with Gasteiger partial charge in [-0.2, -0.15) is 0 Å². The summed E-state index contributed by atoms with van der Waals surface area (Å²) in [6.45, 7) is 6.10. The zero-order valence-electron chi connectivity index (χ0n) is 11.5. The molecule has 0 aliphatic carbocycles. The summed E-state index contributed by atoms with van der Waals surface area (Å²) >= 11 is 12.4. The van der Waals surface area contributed by atoms with Crippen LogP contribution >= 0.6 is 35.6 Å². The minimum Gasteiger partial charge on any atom is -0.355 e. The largest absolute Gasteiger partial charge is 0.355 e. The first-order chi connectivity index (χ1) is 8.92. The molecule has 1 aromatic rings. The molecule has 1 amide bonds. The molecule has 0 saturated carbocycles. The number of nitrogens with one attached hydrogen (secondary N) is 2. The van der Waals surface area contributed by atoms with Crippen LogP contribution in [0.3, 0.4) is 0 Å². The van der Waals surface area contributed by atoms with E-state index in [1.165, 1.54) is 0 Å². The Bertz CT molecular complexity index is 467. The summed E-state index contributed by atoms with van der Waals surface area (Å²) in [4.78, 5) is 11.9. The monoisotopic (exact) mass is 336 g/mol. The number of hydrogen-bond acceptors (Lipinski definition) is 2. The Morgan fingerprint density at radius 2 is 1.90 bits per heavy atom. The Hall–Kier alpha value is -0.480. The average molecular weight is 338 g/mol. The maximum absolute atomic E-state index is 11.9. The molecule has 0 unspecified atom stereocenters. The highest BCUT2D eigenvalue weighted by atomic mass is 35.5. The van der Waals surface area contributed by atoms with Gasteiger partial charge in [0.2, 0.25) is 5.91 Å². The van der Waals surface area contributed by atoms with Crippen molar-refractivity contribution in [2.24, 2.45) is 5.92 Å². The fourth-order valence-electron chi connectivity index (χ4n) is 2.16. The molecule has 20 heavy (non-hydrogen) atoms. The van der Waals surface area contributed by atoms with Crippen LogP contribution in [0, 0.1) is 5.92 Å². The Morgan fingerprint density at radius 1 is 1.35 bits per heavy atom. The molecule has 0 bridgehead atoms. The molecule has 6 heteroatoms. The van der Waals surface area contributed by atoms with E-state index >= 15 is 0 Å². The van der Waals surface area contributed by atoms with E-state index in [9.17, 15) is 4.79 Å². The van der Waals surface area contributed by atoms with Gasteiger partial charge in [-0.3, -0.25) is 4.79 Å². The minimum absolute atomic E-state index is 0. The zero-order chi connectivity index (χ0) is 14.0. The Kier molecular flexibility index (Phi) is 6.14. The van der Waals surface area contributed by atoms with Gasteiger partial charge in [0.05, 0.1) is 5.92 Å². The summed E-state index contributed by atoms with van der Waals surface area (Å²) in [6.07, 6.45) is 0. The van der Waals surface area contributed by atoms with E-state index < -0.39 is 0 Å². The molecule has 0 atom stereocenters. The summed E-state index contributed by atoms with van der Waals surface area (Å²) in [6, 6.07) is 5.47. The topological polar surface area (TPSA) is 41.1 Å². The molecule has 1 heterocycles.